The van der Waals surface area contributed by atoms with Gasteiger partial charge in [0.2, 0.25) is 0 Å². The van der Waals surface area contributed by atoms with Crippen molar-refractivity contribution < 1.29 is 9.90 Å². The third kappa shape index (κ3) is 3.15. The van der Waals surface area contributed by atoms with Gasteiger partial charge >= 0.3 is 0 Å². The molecule has 7 heteroatoms. The standard InChI is InChI=1S/C15H19N5O2/c21-10-7-16-12-5-9-19(11-12)15(22)13-3-1-4-14(18-13)20-8-2-6-17-20/h1-4,6,8,12,16,21H,5,7,9-11H2. The van der Waals surface area contributed by atoms with Crippen LogP contribution >= 0.6 is 0 Å². The molecule has 7 nitrogen and oxygen atoms in total. The molecule has 1 amide bonds. The molecule has 2 aromatic rings. The largest absolute Gasteiger partial charge is 0.395 e. The molecule has 0 aliphatic carbocycles. The van der Waals surface area contributed by atoms with Crippen LogP contribution in [0, 0.1) is 0 Å². The molecule has 1 unspecified atom stereocenters. The zero-order chi connectivity index (χ0) is 15.4. The molecule has 1 atom stereocenters. The number of aliphatic hydroxyl groups is 1. The lowest BCUT2D eigenvalue weighted by Gasteiger charge is -2.16. The molecule has 116 valence electrons. The summed E-state index contributed by atoms with van der Waals surface area (Å²) in [5.74, 6) is 0.562. The molecule has 0 aromatic carbocycles. The predicted octanol–water partition coefficient (Wildman–Crippen LogP) is 0.0637. The molecule has 2 aromatic heterocycles. The van der Waals surface area contributed by atoms with Gasteiger partial charge in [-0.25, -0.2) is 9.67 Å². The van der Waals surface area contributed by atoms with Crippen LogP contribution in [-0.2, 0) is 0 Å². The van der Waals surface area contributed by atoms with Gasteiger partial charge in [0.1, 0.15) is 5.69 Å². The average molecular weight is 301 g/mol. The maximum Gasteiger partial charge on any atom is 0.272 e. The van der Waals surface area contributed by atoms with Crippen LogP contribution in [0.3, 0.4) is 0 Å². The molecule has 1 saturated heterocycles. The lowest BCUT2D eigenvalue weighted by molar-refractivity contribution is 0.0783. The summed E-state index contributed by atoms with van der Waals surface area (Å²) in [5, 5.41) is 16.2. The van der Waals surface area contributed by atoms with Gasteiger partial charge in [0.25, 0.3) is 5.91 Å². The Morgan fingerprint density at radius 2 is 2.32 bits per heavy atom. The Labute approximate surface area is 128 Å². The van der Waals surface area contributed by atoms with Gasteiger partial charge in [-0.3, -0.25) is 4.79 Å². The third-order valence-corrected chi connectivity index (χ3v) is 3.71. The smallest absolute Gasteiger partial charge is 0.272 e. The van der Waals surface area contributed by atoms with Crippen LogP contribution in [0.15, 0.2) is 36.7 Å². The Bertz CT molecular complexity index is 629. The van der Waals surface area contributed by atoms with Crippen LogP contribution in [0.1, 0.15) is 16.9 Å². The van der Waals surface area contributed by atoms with Crippen molar-refractivity contribution in [2.45, 2.75) is 12.5 Å². The Kier molecular flexibility index (Phi) is 4.45. The van der Waals surface area contributed by atoms with E-state index in [2.05, 4.69) is 15.4 Å². The number of aromatic nitrogens is 3. The van der Waals surface area contributed by atoms with Crippen LogP contribution in [0.25, 0.3) is 5.82 Å². The fourth-order valence-electron chi connectivity index (χ4n) is 2.62. The predicted molar refractivity (Wildman–Crippen MR) is 80.8 cm³/mol. The number of rotatable bonds is 5. The van der Waals surface area contributed by atoms with E-state index in [1.54, 1.807) is 28.0 Å². The van der Waals surface area contributed by atoms with Crippen molar-refractivity contribution in [3.63, 3.8) is 0 Å². The SMILES string of the molecule is O=C(c1cccc(-n2cccn2)n1)N1CCC(NCCO)C1. The molecule has 3 rings (SSSR count). The second kappa shape index (κ2) is 6.67. The molecule has 0 spiro atoms. The van der Waals surface area contributed by atoms with E-state index in [4.69, 9.17) is 5.11 Å². The third-order valence-electron chi connectivity index (χ3n) is 3.71. The molecule has 1 aliphatic rings. The van der Waals surface area contributed by atoms with Gasteiger partial charge in [-0.05, 0) is 24.6 Å². The molecule has 2 N–H and O–H groups in total. The second-order valence-corrected chi connectivity index (χ2v) is 5.25. The molecule has 1 fully saturated rings. The highest BCUT2D eigenvalue weighted by Gasteiger charge is 2.27. The number of nitrogens with zero attached hydrogens (tertiary/aromatic N) is 4. The minimum Gasteiger partial charge on any atom is -0.395 e. The molecular formula is C15H19N5O2. The highest BCUT2D eigenvalue weighted by atomic mass is 16.3. The lowest BCUT2D eigenvalue weighted by atomic mass is 10.2. The highest BCUT2D eigenvalue weighted by molar-refractivity contribution is 5.92. The van der Waals surface area contributed by atoms with E-state index in [1.807, 2.05) is 18.2 Å². The van der Waals surface area contributed by atoms with E-state index >= 15 is 0 Å². The quantitative estimate of drug-likeness (QED) is 0.816. The summed E-state index contributed by atoms with van der Waals surface area (Å²) in [6.45, 7) is 2.01. The van der Waals surface area contributed by atoms with E-state index < -0.39 is 0 Å². The maximum atomic E-state index is 12.5. The molecule has 0 bridgehead atoms. The first kappa shape index (κ1) is 14.7. The summed E-state index contributed by atoms with van der Waals surface area (Å²) < 4.78 is 1.63. The minimum absolute atomic E-state index is 0.0673. The van der Waals surface area contributed by atoms with Gasteiger partial charge in [-0.2, -0.15) is 5.10 Å². The number of likely N-dealkylation sites (tertiary alicyclic amines) is 1. The van der Waals surface area contributed by atoms with Crippen molar-refractivity contribution in [3.05, 3.63) is 42.4 Å². The van der Waals surface area contributed by atoms with E-state index in [0.717, 1.165) is 6.42 Å². The number of carbonyl (C=O) groups is 1. The summed E-state index contributed by atoms with van der Waals surface area (Å²) in [7, 11) is 0. The Morgan fingerprint density at radius 3 is 3.09 bits per heavy atom. The molecular weight excluding hydrogens is 282 g/mol. The van der Waals surface area contributed by atoms with Crippen molar-refractivity contribution in [2.24, 2.45) is 0 Å². The zero-order valence-corrected chi connectivity index (χ0v) is 12.2. The van der Waals surface area contributed by atoms with Crippen LogP contribution in [0.4, 0.5) is 0 Å². The monoisotopic (exact) mass is 301 g/mol. The van der Waals surface area contributed by atoms with Crippen molar-refractivity contribution in [3.8, 4) is 5.82 Å². The molecule has 1 aliphatic heterocycles. The van der Waals surface area contributed by atoms with Crippen molar-refractivity contribution in [1.82, 2.24) is 25.0 Å². The number of aliphatic hydroxyl groups excluding tert-OH is 1. The van der Waals surface area contributed by atoms with E-state index in [-0.39, 0.29) is 18.6 Å². The lowest BCUT2D eigenvalue weighted by Crippen LogP contribution is -2.36. The number of pyridine rings is 1. The highest BCUT2D eigenvalue weighted by Crippen LogP contribution is 2.13. The van der Waals surface area contributed by atoms with E-state index in [0.29, 0.717) is 31.1 Å². The fraction of sp³-hybridized carbons (Fsp3) is 0.400. The van der Waals surface area contributed by atoms with Gasteiger partial charge in [-0.1, -0.05) is 6.07 Å². The molecule has 0 saturated carbocycles. The summed E-state index contributed by atoms with van der Waals surface area (Å²) in [4.78, 5) is 18.7. The number of hydrogen-bond acceptors (Lipinski definition) is 5. The van der Waals surface area contributed by atoms with Gasteiger partial charge in [0.15, 0.2) is 5.82 Å². The Morgan fingerprint density at radius 1 is 1.41 bits per heavy atom. The molecule has 0 radical (unpaired) electrons. The number of nitrogens with one attached hydrogen (secondary N) is 1. The maximum absolute atomic E-state index is 12.5. The Balaban J connectivity index is 1.69. The van der Waals surface area contributed by atoms with Gasteiger partial charge < -0.3 is 15.3 Å². The molecule has 22 heavy (non-hydrogen) atoms. The normalized spacial score (nSPS) is 17.9. The fourth-order valence-corrected chi connectivity index (χ4v) is 2.62. The van der Waals surface area contributed by atoms with E-state index in [1.165, 1.54) is 0 Å². The van der Waals surface area contributed by atoms with Crippen molar-refractivity contribution in [1.29, 1.82) is 0 Å². The summed E-state index contributed by atoms with van der Waals surface area (Å²) in [6, 6.07) is 7.41. The first-order valence-corrected chi connectivity index (χ1v) is 7.38. The van der Waals surface area contributed by atoms with Gasteiger partial charge in [-0.15, -0.1) is 0 Å². The van der Waals surface area contributed by atoms with Crippen LogP contribution in [0.2, 0.25) is 0 Å². The number of hydrogen-bond donors (Lipinski definition) is 2. The summed E-state index contributed by atoms with van der Waals surface area (Å²) >= 11 is 0. The number of amides is 1. The van der Waals surface area contributed by atoms with Crippen LogP contribution < -0.4 is 5.32 Å². The first-order valence-electron chi connectivity index (χ1n) is 7.38. The zero-order valence-electron chi connectivity index (χ0n) is 12.2. The average Bonchev–Trinajstić information content (AvgIpc) is 3.24. The topological polar surface area (TPSA) is 83.3 Å². The van der Waals surface area contributed by atoms with Crippen molar-refractivity contribution >= 4 is 5.91 Å². The molecule has 3 heterocycles. The van der Waals surface area contributed by atoms with Crippen molar-refractivity contribution in [2.75, 3.05) is 26.2 Å². The van der Waals surface area contributed by atoms with Crippen LogP contribution in [0.5, 0.6) is 0 Å². The minimum atomic E-state index is -0.0673. The van der Waals surface area contributed by atoms with Gasteiger partial charge in [0.05, 0.1) is 6.61 Å². The number of carbonyl (C=O) groups excluding carboxylic acids is 1. The van der Waals surface area contributed by atoms with Gasteiger partial charge in [0, 0.05) is 38.1 Å². The summed E-state index contributed by atoms with van der Waals surface area (Å²) in [5.41, 5.74) is 0.427. The van der Waals surface area contributed by atoms with Crippen LogP contribution in [-0.4, -0.2) is 63.0 Å². The summed E-state index contributed by atoms with van der Waals surface area (Å²) in [6.07, 6.45) is 4.36. The Hall–Kier alpha value is -2.25. The second-order valence-electron chi connectivity index (χ2n) is 5.25. The first-order chi connectivity index (χ1) is 10.8. The van der Waals surface area contributed by atoms with E-state index in [9.17, 15) is 4.79 Å².